The van der Waals surface area contributed by atoms with Gasteiger partial charge in [-0.3, -0.25) is 19.5 Å². The Hall–Kier alpha value is -3.41. The van der Waals surface area contributed by atoms with Crippen molar-refractivity contribution < 1.29 is 4.79 Å². The van der Waals surface area contributed by atoms with Gasteiger partial charge in [-0.05, 0) is 61.4 Å². The normalized spacial score (nSPS) is 17.9. The van der Waals surface area contributed by atoms with Crippen LogP contribution in [0.25, 0.3) is 5.69 Å². The number of hydrogen-bond acceptors (Lipinski definition) is 3. The summed E-state index contributed by atoms with van der Waals surface area (Å²) in [4.78, 5) is 39.5. The van der Waals surface area contributed by atoms with Crippen molar-refractivity contribution in [2.24, 2.45) is 0 Å². The van der Waals surface area contributed by atoms with Crippen LogP contribution in [0, 0.1) is 0 Å². The fourth-order valence-corrected chi connectivity index (χ4v) is 4.47. The smallest absolute Gasteiger partial charge is 0.269 e. The van der Waals surface area contributed by atoms with Crippen LogP contribution in [0.5, 0.6) is 0 Å². The van der Waals surface area contributed by atoms with Gasteiger partial charge in [0.25, 0.3) is 17.0 Å². The largest absolute Gasteiger partial charge is 0.329 e. The van der Waals surface area contributed by atoms with Gasteiger partial charge in [0.2, 0.25) is 0 Å². The molecule has 6 nitrogen and oxygen atoms in total. The third kappa shape index (κ3) is 3.38. The molecule has 0 aliphatic heterocycles. The molecule has 1 N–H and O–H groups in total. The summed E-state index contributed by atoms with van der Waals surface area (Å²) in [6.07, 6.45) is 5.13. The molecule has 0 saturated heterocycles. The first-order chi connectivity index (χ1) is 14.6. The van der Waals surface area contributed by atoms with Gasteiger partial charge in [0.15, 0.2) is 0 Å². The molecule has 0 spiro atoms. The van der Waals surface area contributed by atoms with E-state index in [-0.39, 0.29) is 29.1 Å². The Bertz CT molecular complexity index is 1220. The third-order valence-electron chi connectivity index (χ3n) is 6.02. The molecule has 1 amide bonds. The fraction of sp³-hybridized carbons (Fsp3) is 0.292. The van der Waals surface area contributed by atoms with Crippen LogP contribution in [0.3, 0.4) is 0 Å². The van der Waals surface area contributed by atoms with Crippen LogP contribution < -0.4 is 11.1 Å². The molecular formula is C24H23N3O3. The lowest BCUT2D eigenvalue weighted by atomic mass is 9.86. The summed E-state index contributed by atoms with van der Waals surface area (Å²) in [7, 11) is 0. The molecule has 152 valence electrons. The molecule has 30 heavy (non-hydrogen) atoms. The van der Waals surface area contributed by atoms with E-state index in [0.717, 1.165) is 32.1 Å². The van der Waals surface area contributed by atoms with Crippen molar-refractivity contribution in [2.45, 2.75) is 44.2 Å². The van der Waals surface area contributed by atoms with E-state index >= 15 is 0 Å². The second-order valence-electron chi connectivity index (χ2n) is 8.08. The van der Waals surface area contributed by atoms with Crippen LogP contribution in [0.15, 0.2) is 70.3 Å². The van der Waals surface area contributed by atoms with Gasteiger partial charge in [-0.2, -0.15) is 0 Å². The maximum absolute atomic E-state index is 13.6. The number of carbonyl (C=O) groups excluding carboxylic acids is 1. The van der Waals surface area contributed by atoms with Gasteiger partial charge >= 0.3 is 0 Å². The summed E-state index contributed by atoms with van der Waals surface area (Å²) in [5.74, 6) is -0.0209. The van der Waals surface area contributed by atoms with Gasteiger partial charge in [0.05, 0.1) is 11.7 Å². The average Bonchev–Trinajstić information content (AvgIpc) is 3.61. The summed E-state index contributed by atoms with van der Waals surface area (Å²) in [6.45, 7) is 0. The van der Waals surface area contributed by atoms with Crippen LogP contribution >= 0.6 is 0 Å². The van der Waals surface area contributed by atoms with E-state index < -0.39 is 0 Å². The van der Waals surface area contributed by atoms with E-state index in [2.05, 4.69) is 23.3 Å². The molecule has 2 aliphatic rings. The molecule has 1 heterocycles. The minimum Gasteiger partial charge on any atom is -0.329 e. The first-order valence-electron chi connectivity index (χ1n) is 10.4. The van der Waals surface area contributed by atoms with Gasteiger partial charge < -0.3 is 4.90 Å². The number of carbonyl (C=O) groups is 1. The number of H-pyrrole nitrogens is 1. The Morgan fingerprint density at radius 3 is 2.63 bits per heavy atom. The second-order valence-corrected chi connectivity index (χ2v) is 8.08. The number of aromatic amines is 1. The van der Waals surface area contributed by atoms with Crippen molar-refractivity contribution in [1.29, 1.82) is 0 Å². The standard InChI is InChI=1S/C24H23N3O3/c28-22-13-14-23(29)27(25-22)19-8-3-7-17(15-19)24(30)26(18-11-12-18)21-10-4-6-16-5-1-2-9-20(16)21/h1-3,5,7-9,13-15,18,21H,4,6,10-12H2,(H,25,28). The van der Waals surface area contributed by atoms with Crippen molar-refractivity contribution in [3.05, 3.63) is 98.1 Å². The van der Waals surface area contributed by atoms with Crippen LogP contribution in [0.1, 0.15) is 53.2 Å². The number of aryl methyl sites for hydroxylation is 1. The van der Waals surface area contributed by atoms with Crippen molar-refractivity contribution in [2.75, 3.05) is 0 Å². The minimum atomic E-state index is -0.371. The highest BCUT2D eigenvalue weighted by atomic mass is 16.2. The summed E-state index contributed by atoms with van der Waals surface area (Å²) in [6, 6.07) is 18.1. The first kappa shape index (κ1) is 18.6. The number of nitrogens with zero attached hydrogens (tertiary/aromatic N) is 2. The monoisotopic (exact) mass is 401 g/mol. The topological polar surface area (TPSA) is 75.2 Å². The maximum Gasteiger partial charge on any atom is 0.269 e. The minimum absolute atomic E-state index is 0.0209. The van der Waals surface area contributed by atoms with Gasteiger partial charge in [0, 0.05) is 23.7 Å². The number of amides is 1. The van der Waals surface area contributed by atoms with Crippen molar-refractivity contribution in [3.8, 4) is 5.69 Å². The van der Waals surface area contributed by atoms with E-state index in [9.17, 15) is 14.4 Å². The van der Waals surface area contributed by atoms with E-state index in [1.54, 1.807) is 24.3 Å². The van der Waals surface area contributed by atoms with Gasteiger partial charge in [-0.15, -0.1) is 0 Å². The third-order valence-corrected chi connectivity index (χ3v) is 6.02. The predicted molar refractivity (Wildman–Crippen MR) is 114 cm³/mol. The van der Waals surface area contributed by atoms with E-state index in [0.29, 0.717) is 11.3 Å². The molecule has 1 aromatic heterocycles. The van der Waals surface area contributed by atoms with Gasteiger partial charge in [-0.25, -0.2) is 4.68 Å². The van der Waals surface area contributed by atoms with E-state index in [4.69, 9.17) is 0 Å². The summed E-state index contributed by atoms with van der Waals surface area (Å²) >= 11 is 0. The lowest BCUT2D eigenvalue weighted by molar-refractivity contribution is 0.0638. The molecule has 1 fully saturated rings. The fourth-order valence-electron chi connectivity index (χ4n) is 4.47. The number of benzene rings is 2. The van der Waals surface area contributed by atoms with Gasteiger partial charge in [-0.1, -0.05) is 30.3 Å². The molecular weight excluding hydrogens is 378 g/mol. The Labute approximate surface area is 173 Å². The Balaban J connectivity index is 1.53. The number of rotatable bonds is 4. The average molecular weight is 401 g/mol. The zero-order chi connectivity index (χ0) is 20.7. The Morgan fingerprint density at radius 1 is 0.967 bits per heavy atom. The molecule has 0 bridgehead atoms. The molecule has 6 heteroatoms. The molecule has 1 unspecified atom stereocenters. The second kappa shape index (κ2) is 7.44. The first-order valence-corrected chi connectivity index (χ1v) is 10.4. The molecule has 0 radical (unpaired) electrons. The zero-order valence-corrected chi connectivity index (χ0v) is 16.6. The zero-order valence-electron chi connectivity index (χ0n) is 16.6. The van der Waals surface area contributed by atoms with Crippen molar-refractivity contribution >= 4 is 5.91 Å². The Kier molecular flexibility index (Phi) is 4.62. The predicted octanol–water partition coefficient (Wildman–Crippen LogP) is 3.21. The Morgan fingerprint density at radius 2 is 1.80 bits per heavy atom. The number of fused-ring (bicyclic) bond motifs is 1. The van der Waals surface area contributed by atoms with Crippen LogP contribution in [0.2, 0.25) is 0 Å². The van der Waals surface area contributed by atoms with Crippen molar-refractivity contribution in [1.82, 2.24) is 14.7 Å². The molecule has 1 atom stereocenters. The lowest BCUT2D eigenvalue weighted by Crippen LogP contribution is -2.38. The number of aromatic nitrogens is 2. The summed E-state index contributed by atoms with van der Waals surface area (Å²) in [5.41, 5.74) is 2.87. The molecule has 5 rings (SSSR count). The quantitative estimate of drug-likeness (QED) is 0.729. The highest BCUT2D eigenvalue weighted by molar-refractivity contribution is 5.95. The molecule has 2 aliphatic carbocycles. The SMILES string of the molecule is O=C(c1cccc(-n2[nH]c(=O)ccc2=O)c1)N(C1CC1)C1CCCc2ccccc21. The van der Waals surface area contributed by atoms with E-state index in [1.165, 1.54) is 27.9 Å². The highest BCUT2D eigenvalue weighted by Gasteiger charge is 2.39. The number of nitrogens with one attached hydrogen (secondary N) is 1. The van der Waals surface area contributed by atoms with Crippen molar-refractivity contribution in [3.63, 3.8) is 0 Å². The maximum atomic E-state index is 13.6. The van der Waals surface area contributed by atoms with Gasteiger partial charge in [0.1, 0.15) is 0 Å². The van der Waals surface area contributed by atoms with Crippen LogP contribution in [0.4, 0.5) is 0 Å². The summed E-state index contributed by atoms with van der Waals surface area (Å²) in [5, 5.41) is 2.52. The highest BCUT2D eigenvalue weighted by Crippen LogP contribution is 2.41. The summed E-state index contributed by atoms with van der Waals surface area (Å²) < 4.78 is 1.18. The van der Waals surface area contributed by atoms with E-state index in [1.807, 2.05) is 11.0 Å². The lowest BCUT2D eigenvalue weighted by Gasteiger charge is -2.36. The van der Waals surface area contributed by atoms with Crippen LogP contribution in [-0.4, -0.2) is 26.6 Å². The van der Waals surface area contributed by atoms with Crippen LogP contribution in [-0.2, 0) is 6.42 Å². The number of hydrogen-bond donors (Lipinski definition) is 1. The molecule has 2 aromatic carbocycles. The molecule has 3 aromatic rings. The molecule has 1 saturated carbocycles.